The molecule has 0 aliphatic carbocycles. The Hall–Kier alpha value is -2.81. The molecular weight excluding hydrogens is 270 g/mol. The molecule has 0 unspecified atom stereocenters. The highest BCUT2D eigenvalue weighted by Crippen LogP contribution is 2.26. The van der Waals surface area contributed by atoms with Crippen LogP contribution in [0, 0.1) is 6.92 Å². The Labute approximate surface area is 129 Å². The summed E-state index contributed by atoms with van der Waals surface area (Å²) in [6.45, 7) is 2.16. The van der Waals surface area contributed by atoms with Gasteiger partial charge in [0.05, 0.1) is 12.6 Å². The summed E-state index contributed by atoms with van der Waals surface area (Å²) in [4.78, 5) is 3.30. The average molecular weight is 288 g/mol. The van der Waals surface area contributed by atoms with Gasteiger partial charge in [-0.3, -0.25) is 0 Å². The van der Waals surface area contributed by atoms with Gasteiger partial charge in [0, 0.05) is 17.9 Å². The minimum atomic E-state index is 1.13. The van der Waals surface area contributed by atoms with Gasteiger partial charge in [0.1, 0.15) is 12.4 Å². The maximum Gasteiger partial charge on any atom is 0.286 e. The number of fused-ring (bicyclic) bond motifs is 1. The van der Waals surface area contributed by atoms with Crippen molar-refractivity contribution < 1.29 is 4.57 Å². The van der Waals surface area contributed by atoms with Gasteiger partial charge in [0.15, 0.2) is 0 Å². The first-order valence-electron chi connectivity index (χ1n) is 7.43. The fraction of sp³-hybridized carbons (Fsp3) is 0.105. The number of pyridine rings is 1. The van der Waals surface area contributed by atoms with Crippen LogP contribution in [0.2, 0.25) is 0 Å². The van der Waals surface area contributed by atoms with E-state index in [0.717, 1.165) is 5.82 Å². The largest absolute Gasteiger partial charge is 0.323 e. The third kappa shape index (κ3) is 2.02. The third-order valence-corrected chi connectivity index (χ3v) is 4.21. The number of nitrogens with zero attached hydrogens (tertiary/aromatic N) is 2. The zero-order valence-corrected chi connectivity index (χ0v) is 12.7. The van der Waals surface area contributed by atoms with Crippen molar-refractivity contribution in [2.75, 3.05) is 0 Å². The molecule has 4 aromatic rings. The molecule has 0 saturated heterocycles. The second-order valence-corrected chi connectivity index (χ2v) is 5.71. The van der Waals surface area contributed by atoms with Crippen molar-refractivity contribution in [1.29, 1.82) is 0 Å². The normalized spacial score (nSPS) is 11.2. The fourth-order valence-corrected chi connectivity index (χ4v) is 2.99. The molecule has 0 atom stereocenters. The van der Waals surface area contributed by atoms with E-state index in [1.165, 1.54) is 27.8 Å². The summed E-state index contributed by atoms with van der Waals surface area (Å²) in [5.74, 6) is 1.13. The van der Waals surface area contributed by atoms with Crippen molar-refractivity contribution in [3.8, 4) is 22.5 Å². The van der Waals surface area contributed by atoms with Crippen LogP contribution < -0.4 is 4.57 Å². The Morgan fingerprint density at radius 2 is 1.91 bits per heavy atom. The first-order valence-corrected chi connectivity index (χ1v) is 7.43. The number of rotatable bonds is 2. The summed E-state index contributed by atoms with van der Waals surface area (Å²) < 4.78 is 4.26. The van der Waals surface area contributed by atoms with Gasteiger partial charge in [-0.2, -0.15) is 0 Å². The molecule has 3 heterocycles. The van der Waals surface area contributed by atoms with Gasteiger partial charge in [-0.25, -0.2) is 9.55 Å². The Bertz CT molecular complexity index is 960. The maximum atomic E-state index is 3.30. The molecule has 0 spiro atoms. The number of benzene rings is 1. The highest BCUT2D eigenvalue weighted by atomic mass is 15.0. The van der Waals surface area contributed by atoms with Crippen LogP contribution in [-0.2, 0) is 7.05 Å². The standard InChI is InChI=1S/C19H17N3/c1-14-12-15(6-8-18(14)19-20-9-11-21(19)2)16-5-7-17-4-3-10-22(17)13-16/h3-13H,1-2H3/p+1. The van der Waals surface area contributed by atoms with Crippen LogP contribution in [0.5, 0.6) is 0 Å². The average Bonchev–Trinajstić information content (AvgIpc) is 3.15. The molecule has 3 aromatic heterocycles. The molecule has 0 amide bonds. The molecule has 4 rings (SSSR count). The monoisotopic (exact) mass is 288 g/mol. The lowest BCUT2D eigenvalue weighted by molar-refractivity contribution is -0.658. The topological polar surface area (TPSA) is 24.1 Å². The van der Waals surface area contributed by atoms with E-state index in [4.69, 9.17) is 0 Å². The molecule has 0 radical (unpaired) electrons. The predicted octanol–water partition coefficient (Wildman–Crippen LogP) is 3.73. The number of hydrogen-bond acceptors (Lipinski definition) is 0. The van der Waals surface area contributed by atoms with Crippen molar-refractivity contribution in [2.24, 2.45) is 7.05 Å². The molecule has 3 heteroatoms. The summed E-state index contributed by atoms with van der Waals surface area (Å²) >= 11 is 0. The lowest BCUT2D eigenvalue weighted by Gasteiger charge is -2.07. The van der Waals surface area contributed by atoms with Gasteiger partial charge in [0.25, 0.3) is 5.82 Å². The molecule has 1 N–H and O–H groups in total. The molecule has 3 nitrogen and oxygen atoms in total. The molecule has 108 valence electrons. The molecule has 1 aromatic carbocycles. The van der Waals surface area contributed by atoms with E-state index in [2.05, 4.69) is 82.8 Å². The highest BCUT2D eigenvalue weighted by Gasteiger charge is 2.13. The zero-order valence-electron chi connectivity index (χ0n) is 12.7. The minimum Gasteiger partial charge on any atom is -0.323 e. The summed E-state index contributed by atoms with van der Waals surface area (Å²) in [5.41, 5.74) is 6.19. The van der Waals surface area contributed by atoms with Crippen molar-refractivity contribution in [3.05, 3.63) is 72.8 Å². The van der Waals surface area contributed by atoms with Gasteiger partial charge in [0.2, 0.25) is 0 Å². The quantitative estimate of drug-likeness (QED) is 0.543. The Morgan fingerprint density at radius 3 is 2.68 bits per heavy atom. The van der Waals surface area contributed by atoms with E-state index >= 15 is 0 Å². The van der Waals surface area contributed by atoms with Crippen LogP contribution in [0.3, 0.4) is 0 Å². The summed E-state index contributed by atoms with van der Waals surface area (Å²) in [6.07, 6.45) is 8.25. The second-order valence-electron chi connectivity index (χ2n) is 5.71. The van der Waals surface area contributed by atoms with E-state index in [-0.39, 0.29) is 0 Å². The molecular formula is C19H18N3+. The predicted molar refractivity (Wildman–Crippen MR) is 88.5 cm³/mol. The summed E-state index contributed by atoms with van der Waals surface area (Å²) in [5, 5.41) is 0. The van der Waals surface area contributed by atoms with Crippen LogP contribution in [0.25, 0.3) is 28.0 Å². The first-order chi connectivity index (χ1) is 10.7. The van der Waals surface area contributed by atoms with Gasteiger partial charge < -0.3 is 4.40 Å². The number of aromatic nitrogens is 3. The van der Waals surface area contributed by atoms with Crippen molar-refractivity contribution in [3.63, 3.8) is 0 Å². The molecule has 0 saturated carbocycles. The van der Waals surface area contributed by atoms with Gasteiger partial charge in [-0.15, -0.1) is 0 Å². The van der Waals surface area contributed by atoms with E-state index < -0.39 is 0 Å². The van der Waals surface area contributed by atoms with Crippen LogP contribution in [0.15, 0.2) is 67.3 Å². The summed E-state index contributed by atoms with van der Waals surface area (Å²) in [6, 6.07) is 15.1. The summed E-state index contributed by atoms with van der Waals surface area (Å²) in [7, 11) is 2.05. The number of imidazole rings is 1. The van der Waals surface area contributed by atoms with E-state index in [1.807, 2.05) is 12.4 Å². The van der Waals surface area contributed by atoms with E-state index in [9.17, 15) is 0 Å². The fourth-order valence-electron chi connectivity index (χ4n) is 2.99. The van der Waals surface area contributed by atoms with Crippen LogP contribution in [-0.4, -0.2) is 9.38 Å². The van der Waals surface area contributed by atoms with Crippen molar-refractivity contribution in [1.82, 2.24) is 9.38 Å². The smallest absolute Gasteiger partial charge is 0.286 e. The number of H-pyrrole nitrogens is 1. The second kappa shape index (κ2) is 4.88. The van der Waals surface area contributed by atoms with E-state index in [0.29, 0.717) is 0 Å². The van der Waals surface area contributed by atoms with Crippen LogP contribution >= 0.6 is 0 Å². The molecule has 0 aliphatic rings. The maximum absolute atomic E-state index is 3.30. The number of aryl methyl sites for hydroxylation is 2. The Kier molecular flexibility index (Phi) is 2.86. The van der Waals surface area contributed by atoms with Crippen molar-refractivity contribution in [2.45, 2.75) is 6.92 Å². The Morgan fingerprint density at radius 1 is 1.05 bits per heavy atom. The highest BCUT2D eigenvalue weighted by molar-refractivity contribution is 5.70. The third-order valence-electron chi connectivity index (χ3n) is 4.21. The van der Waals surface area contributed by atoms with Crippen LogP contribution in [0.4, 0.5) is 0 Å². The first kappa shape index (κ1) is 12.9. The number of nitrogens with one attached hydrogen (secondary N) is 1. The molecule has 0 bridgehead atoms. The van der Waals surface area contributed by atoms with Gasteiger partial charge >= 0.3 is 0 Å². The lowest BCUT2D eigenvalue weighted by atomic mass is 10.0. The van der Waals surface area contributed by atoms with E-state index in [1.54, 1.807) is 0 Å². The van der Waals surface area contributed by atoms with Gasteiger partial charge in [-0.05, 0) is 47.9 Å². The minimum absolute atomic E-state index is 1.13. The number of aromatic amines is 1. The zero-order chi connectivity index (χ0) is 15.1. The van der Waals surface area contributed by atoms with Crippen molar-refractivity contribution >= 4 is 5.52 Å². The molecule has 22 heavy (non-hydrogen) atoms. The van der Waals surface area contributed by atoms with Crippen LogP contribution in [0.1, 0.15) is 5.56 Å². The molecule has 0 fully saturated rings. The van der Waals surface area contributed by atoms with Gasteiger partial charge in [-0.1, -0.05) is 18.2 Å². The lowest BCUT2D eigenvalue weighted by Crippen LogP contribution is -2.27. The Balaban J connectivity index is 1.80. The molecule has 0 aliphatic heterocycles. The SMILES string of the molecule is Cc1cc(-c2ccc3cccn3c2)ccc1-c1[nH]cc[n+]1C. The number of hydrogen-bond donors (Lipinski definition) is 1.